The summed E-state index contributed by atoms with van der Waals surface area (Å²) in [6, 6.07) is 9.06. The molecule has 1 fully saturated rings. The third-order valence-corrected chi connectivity index (χ3v) is 5.40. The molecule has 1 unspecified atom stereocenters. The van der Waals surface area contributed by atoms with Gasteiger partial charge in [-0.2, -0.15) is 0 Å². The SMILES string of the molecule is CCCC1(CN2CC(C)Cc3ccccc32)CCNCC1. The second kappa shape index (κ2) is 6.39. The van der Waals surface area contributed by atoms with Crippen LogP contribution in [0.1, 0.15) is 45.1 Å². The third-order valence-electron chi connectivity index (χ3n) is 5.40. The number of benzene rings is 1. The van der Waals surface area contributed by atoms with E-state index in [0.29, 0.717) is 5.41 Å². The minimum Gasteiger partial charge on any atom is -0.370 e. The van der Waals surface area contributed by atoms with Gasteiger partial charge in [0.05, 0.1) is 0 Å². The van der Waals surface area contributed by atoms with Gasteiger partial charge in [0.25, 0.3) is 0 Å². The van der Waals surface area contributed by atoms with Crippen LogP contribution in [0.5, 0.6) is 0 Å². The highest BCUT2D eigenvalue weighted by Crippen LogP contribution is 2.38. The van der Waals surface area contributed by atoms with Crippen molar-refractivity contribution in [1.82, 2.24) is 5.32 Å². The fourth-order valence-corrected chi connectivity index (χ4v) is 4.44. The molecule has 0 aromatic heterocycles. The minimum atomic E-state index is 0.532. The number of hydrogen-bond donors (Lipinski definition) is 1. The lowest BCUT2D eigenvalue weighted by Gasteiger charge is -2.45. The number of nitrogens with one attached hydrogen (secondary N) is 1. The van der Waals surface area contributed by atoms with Crippen LogP contribution in [0.2, 0.25) is 0 Å². The molecule has 1 aromatic carbocycles. The molecule has 2 aliphatic rings. The fraction of sp³-hybridized carbons (Fsp3) is 0.684. The van der Waals surface area contributed by atoms with Gasteiger partial charge in [0.2, 0.25) is 0 Å². The molecule has 0 spiro atoms. The molecule has 2 nitrogen and oxygen atoms in total. The minimum absolute atomic E-state index is 0.532. The number of piperidine rings is 1. The Morgan fingerprint density at radius 3 is 2.76 bits per heavy atom. The molecule has 2 heteroatoms. The zero-order chi connectivity index (χ0) is 14.7. The normalized spacial score (nSPS) is 24.7. The summed E-state index contributed by atoms with van der Waals surface area (Å²) in [5.41, 5.74) is 3.59. The van der Waals surface area contributed by atoms with Gasteiger partial charge in [0.15, 0.2) is 0 Å². The average molecular weight is 286 g/mol. The monoisotopic (exact) mass is 286 g/mol. The van der Waals surface area contributed by atoms with Crippen LogP contribution in [-0.4, -0.2) is 26.2 Å². The molecule has 1 atom stereocenters. The highest BCUT2D eigenvalue weighted by Gasteiger charge is 2.35. The summed E-state index contributed by atoms with van der Waals surface area (Å²) in [5.74, 6) is 0.778. The van der Waals surface area contributed by atoms with Gasteiger partial charge in [0.1, 0.15) is 0 Å². The quantitative estimate of drug-likeness (QED) is 0.904. The van der Waals surface area contributed by atoms with Gasteiger partial charge in [0, 0.05) is 18.8 Å². The predicted octanol–water partition coefficient (Wildman–Crippen LogP) is 3.86. The van der Waals surface area contributed by atoms with Gasteiger partial charge in [-0.3, -0.25) is 0 Å². The van der Waals surface area contributed by atoms with Crippen molar-refractivity contribution in [3.05, 3.63) is 29.8 Å². The van der Waals surface area contributed by atoms with Crippen LogP contribution in [0.25, 0.3) is 0 Å². The van der Waals surface area contributed by atoms with Crippen LogP contribution < -0.4 is 10.2 Å². The molecule has 1 saturated heterocycles. The first-order valence-electron chi connectivity index (χ1n) is 8.76. The lowest BCUT2D eigenvalue weighted by atomic mass is 9.74. The van der Waals surface area contributed by atoms with Crippen LogP contribution in [0.4, 0.5) is 5.69 Å². The number of nitrogens with zero attached hydrogens (tertiary/aromatic N) is 1. The van der Waals surface area contributed by atoms with E-state index in [0.717, 1.165) is 5.92 Å². The number of fused-ring (bicyclic) bond motifs is 1. The first kappa shape index (κ1) is 14.9. The Labute approximate surface area is 129 Å². The van der Waals surface area contributed by atoms with E-state index in [4.69, 9.17) is 0 Å². The summed E-state index contributed by atoms with van der Waals surface area (Å²) in [7, 11) is 0. The maximum atomic E-state index is 3.54. The van der Waals surface area contributed by atoms with Crippen molar-refractivity contribution in [2.75, 3.05) is 31.1 Å². The van der Waals surface area contributed by atoms with E-state index in [2.05, 4.69) is 48.3 Å². The van der Waals surface area contributed by atoms with Crippen LogP contribution >= 0.6 is 0 Å². The van der Waals surface area contributed by atoms with E-state index in [1.807, 2.05) is 0 Å². The van der Waals surface area contributed by atoms with Crippen molar-refractivity contribution in [3.8, 4) is 0 Å². The maximum Gasteiger partial charge on any atom is 0.0399 e. The van der Waals surface area contributed by atoms with Crippen molar-refractivity contribution in [3.63, 3.8) is 0 Å². The smallest absolute Gasteiger partial charge is 0.0399 e. The van der Waals surface area contributed by atoms with Gasteiger partial charge in [-0.05, 0) is 61.7 Å². The molecule has 21 heavy (non-hydrogen) atoms. The Hall–Kier alpha value is -1.02. The molecule has 1 N–H and O–H groups in total. The highest BCUT2D eigenvalue weighted by atomic mass is 15.2. The van der Waals surface area contributed by atoms with Gasteiger partial charge in [-0.15, -0.1) is 0 Å². The summed E-state index contributed by atoms with van der Waals surface area (Å²) < 4.78 is 0. The van der Waals surface area contributed by atoms with Gasteiger partial charge in [-0.1, -0.05) is 38.5 Å². The van der Waals surface area contributed by atoms with Crippen LogP contribution in [0, 0.1) is 11.3 Å². The molecule has 3 rings (SSSR count). The Morgan fingerprint density at radius 1 is 1.24 bits per heavy atom. The van der Waals surface area contributed by atoms with Crippen LogP contribution in [-0.2, 0) is 6.42 Å². The van der Waals surface area contributed by atoms with Gasteiger partial charge < -0.3 is 10.2 Å². The number of anilines is 1. The fourth-order valence-electron chi connectivity index (χ4n) is 4.44. The largest absolute Gasteiger partial charge is 0.370 e. The second-order valence-electron chi connectivity index (χ2n) is 7.32. The van der Waals surface area contributed by atoms with Crippen molar-refractivity contribution in [2.24, 2.45) is 11.3 Å². The molecule has 0 aliphatic carbocycles. The van der Waals surface area contributed by atoms with Crippen LogP contribution in [0.3, 0.4) is 0 Å². The molecule has 0 saturated carbocycles. The molecule has 2 aliphatic heterocycles. The lowest BCUT2D eigenvalue weighted by Crippen LogP contribution is -2.47. The number of hydrogen-bond acceptors (Lipinski definition) is 2. The van der Waals surface area contributed by atoms with Crippen molar-refractivity contribution >= 4 is 5.69 Å². The van der Waals surface area contributed by atoms with Crippen molar-refractivity contribution in [2.45, 2.75) is 46.0 Å². The summed E-state index contributed by atoms with van der Waals surface area (Å²) in [6.07, 6.45) is 6.61. The van der Waals surface area contributed by atoms with E-state index in [1.54, 1.807) is 5.56 Å². The van der Waals surface area contributed by atoms with E-state index >= 15 is 0 Å². The molecule has 0 radical (unpaired) electrons. The van der Waals surface area contributed by atoms with Gasteiger partial charge >= 0.3 is 0 Å². The molecule has 2 heterocycles. The van der Waals surface area contributed by atoms with Crippen molar-refractivity contribution in [1.29, 1.82) is 0 Å². The van der Waals surface area contributed by atoms with E-state index < -0.39 is 0 Å². The van der Waals surface area contributed by atoms with Crippen LogP contribution in [0.15, 0.2) is 24.3 Å². The molecular formula is C19H30N2. The predicted molar refractivity (Wildman–Crippen MR) is 91.0 cm³/mol. The highest BCUT2D eigenvalue weighted by molar-refractivity contribution is 5.56. The van der Waals surface area contributed by atoms with E-state index in [-0.39, 0.29) is 0 Å². The first-order valence-corrected chi connectivity index (χ1v) is 8.76. The molecular weight excluding hydrogens is 256 g/mol. The Balaban J connectivity index is 1.82. The first-order chi connectivity index (χ1) is 10.2. The summed E-state index contributed by atoms with van der Waals surface area (Å²) in [4.78, 5) is 2.70. The molecule has 1 aromatic rings. The van der Waals surface area contributed by atoms with Crippen molar-refractivity contribution < 1.29 is 0 Å². The standard InChI is InChI=1S/C19H30N2/c1-3-8-19(9-11-20-12-10-19)15-21-14-16(2)13-17-6-4-5-7-18(17)21/h4-7,16,20H,3,8-15H2,1-2H3. The topological polar surface area (TPSA) is 15.3 Å². The number of para-hydroxylation sites is 1. The molecule has 0 amide bonds. The zero-order valence-corrected chi connectivity index (χ0v) is 13.7. The Bertz CT molecular complexity index is 457. The molecule has 116 valence electrons. The third kappa shape index (κ3) is 3.26. The summed E-state index contributed by atoms with van der Waals surface area (Å²) in [6.45, 7) is 9.63. The molecule has 0 bridgehead atoms. The second-order valence-corrected chi connectivity index (χ2v) is 7.32. The maximum absolute atomic E-state index is 3.54. The average Bonchev–Trinajstić information content (AvgIpc) is 2.48. The van der Waals surface area contributed by atoms with E-state index in [1.165, 1.54) is 64.0 Å². The van der Waals surface area contributed by atoms with E-state index in [9.17, 15) is 0 Å². The lowest BCUT2D eigenvalue weighted by molar-refractivity contribution is 0.185. The summed E-state index contributed by atoms with van der Waals surface area (Å²) >= 11 is 0. The zero-order valence-electron chi connectivity index (χ0n) is 13.7. The summed E-state index contributed by atoms with van der Waals surface area (Å²) in [5, 5.41) is 3.54. The van der Waals surface area contributed by atoms with Gasteiger partial charge in [-0.25, -0.2) is 0 Å². The Kier molecular flexibility index (Phi) is 4.54. The number of rotatable bonds is 4. The Morgan fingerprint density at radius 2 is 2.00 bits per heavy atom.